The molecular weight excluding hydrogens is 388 g/mol. The standard InChI is InChI=1S/C26H24N2OS/c1-18(2)20-11-9-19(10-12-20)17-27-26-28-24(21-13-15-23(29-3)16-14-21)25(30-26)22-7-5-4-6-8-22/h4-18H,1-3H3. The highest BCUT2D eigenvalue weighted by molar-refractivity contribution is 7.19. The smallest absolute Gasteiger partial charge is 0.210 e. The van der Waals surface area contributed by atoms with Gasteiger partial charge >= 0.3 is 0 Å². The first-order valence-electron chi connectivity index (χ1n) is 9.99. The van der Waals surface area contributed by atoms with Crippen LogP contribution < -0.4 is 4.74 Å². The summed E-state index contributed by atoms with van der Waals surface area (Å²) in [5, 5.41) is 0.743. The minimum Gasteiger partial charge on any atom is -0.497 e. The first-order chi connectivity index (χ1) is 14.6. The molecule has 0 saturated heterocycles. The van der Waals surface area contributed by atoms with E-state index < -0.39 is 0 Å². The molecule has 0 bridgehead atoms. The average molecular weight is 413 g/mol. The molecule has 4 rings (SSSR count). The van der Waals surface area contributed by atoms with E-state index in [1.54, 1.807) is 18.4 Å². The normalized spacial score (nSPS) is 11.3. The van der Waals surface area contributed by atoms with Gasteiger partial charge < -0.3 is 4.74 Å². The Morgan fingerprint density at radius 2 is 1.57 bits per heavy atom. The van der Waals surface area contributed by atoms with Gasteiger partial charge in [-0.25, -0.2) is 9.98 Å². The van der Waals surface area contributed by atoms with Gasteiger partial charge in [0.15, 0.2) is 0 Å². The summed E-state index contributed by atoms with van der Waals surface area (Å²) < 4.78 is 5.29. The van der Waals surface area contributed by atoms with E-state index in [0.29, 0.717) is 5.92 Å². The van der Waals surface area contributed by atoms with E-state index in [0.717, 1.165) is 38.1 Å². The van der Waals surface area contributed by atoms with E-state index >= 15 is 0 Å². The van der Waals surface area contributed by atoms with Crippen molar-refractivity contribution in [2.24, 2.45) is 4.99 Å². The largest absolute Gasteiger partial charge is 0.497 e. The quantitative estimate of drug-likeness (QED) is 0.310. The summed E-state index contributed by atoms with van der Waals surface area (Å²) in [7, 11) is 1.67. The van der Waals surface area contributed by atoms with Crippen LogP contribution in [0.2, 0.25) is 0 Å². The second-order valence-electron chi connectivity index (χ2n) is 7.35. The number of ether oxygens (including phenoxy) is 1. The van der Waals surface area contributed by atoms with Crippen LogP contribution in [0.3, 0.4) is 0 Å². The summed E-state index contributed by atoms with van der Waals surface area (Å²) in [4.78, 5) is 10.6. The Bertz CT molecular complexity index is 1130. The Balaban J connectivity index is 1.69. The van der Waals surface area contributed by atoms with E-state index in [9.17, 15) is 0 Å². The molecule has 4 aromatic rings. The van der Waals surface area contributed by atoms with Crippen LogP contribution in [0.1, 0.15) is 30.9 Å². The first kappa shape index (κ1) is 20.0. The third-order valence-electron chi connectivity index (χ3n) is 4.94. The van der Waals surface area contributed by atoms with Crippen LogP contribution in [-0.4, -0.2) is 18.3 Å². The van der Waals surface area contributed by atoms with Crippen molar-refractivity contribution in [3.8, 4) is 27.4 Å². The van der Waals surface area contributed by atoms with Crippen LogP contribution >= 0.6 is 11.3 Å². The number of aromatic nitrogens is 1. The topological polar surface area (TPSA) is 34.5 Å². The molecule has 0 saturated carbocycles. The second kappa shape index (κ2) is 9.06. The molecule has 0 aliphatic carbocycles. The molecule has 0 aliphatic heterocycles. The Hall–Kier alpha value is -3.24. The van der Waals surface area contributed by atoms with Crippen molar-refractivity contribution in [3.63, 3.8) is 0 Å². The van der Waals surface area contributed by atoms with Crippen LogP contribution in [0.4, 0.5) is 5.13 Å². The highest BCUT2D eigenvalue weighted by Crippen LogP contribution is 2.40. The van der Waals surface area contributed by atoms with Gasteiger partial charge in [-0.2, -0.15) is 0 Å². The van der Waals surface area contributed by atoms with E-state index in [-0.39, 0.29) is 0 Å². The summed E-state index contributed by atoms with van der Waals surface area (Å²) in [5.41, 5.74) is 5.53. The molecule has 30 heavy (non-hydrogen) atoms. The summed E-state index contributed by atoms with van der Waals surface area (Å²) >= 11 is 1.60. The third-order valence-corrected chi connectivity index (χ3v) is 5.95. The summed E-state index contributed by atoms with van der Waals surface area (Å²) in [6.45, 7) is 4.40. The lowest BCUT2D eigenvalue weighted by Crippen LogP contribution is -1.88. The monoisotopic (exact) mass is 412 g/mol. The Morgan fingerprint density at radius 3 is 2.20 bits per heavy atom. The molecule has 0 radical (unpaired) electrons. The number of methoxy groups -OCH3 is 1. The molecule has 0 amide bonds. The van der Waals surface area contributed by atoms with Crippen molar-refractivity contribution < 1.29 is 4.74 Å². The zero-order valence-electron chi connectivity index (χ0n) is 17.4. The zero-order valence-corrected chi connectivity index (χ0v) is 18.2. The van der Waals surface area contributed by atoms with Gasteiger partial charge in [-0.1, -0.05) is 79.8 Å². The van der Waals surface area contributed by atoms with Gasteiger partial charge in [0.1, 0.15) is 5.75 Å². The molecule has 3 nitrogen and oxygen atoms in total. The fraction of sp³-hybridized carbons (Fsp3) is 0.154. The van der Waals surface area contributed by atoms with Crippen molar-refractivity contribution in [2.45, 2.75) is 19.8 Å². The van der Waals surface area contributed by atoms with Crippen LogP contribution in [0.15, 0.2) is 83.9 Å². The molecule has 0 spiro atoms. The first-order valence-corrected chi connectivity index (χ1v) is 10.8. The van der Waals surface area contributed by atoms with Crippen LogP contribution in [0, 0.1) is 0 Å². The molecule has 4 heteroatoms. The molecule has 150 valence electrons. The molecule has 3 aromatic carbocycles. The second-order valence-corrected chi connectivity index (χ2v) is 8.33. The Kier molecular flexibility index (Phi) is 6.05. The number of hydrogen-bond acceptors (Lipinski definition) is 4. The number of rotatable bonds is 6. The number of nitrogens with zero attached hydrogens (tertiary/aromatic N) is 2. The highest BCUT2D eigenvalue weighted by Gasteiger charge is 2.14. The van der Waals surface area contributed by atoms with Crippen LogP contribution in [0.25, 0.3) is 21.7 Å². The fourth-order valence-electron chi connectivity index (χ4n) is 3.19. The van der Waals surface area contributed by atoms with Crippen LogP contribution in [0.5, 0.6) is 5.75 Å². The van der Waals surface area contributed by atoms with Gasteiger partial charge in [0.25, 0.3) is 0 Å². The predicted octanol–water partition coefficient (Wildman–Crippen LogP) is 7.36. The minimum atomic E-state index is 0.524. The summed E-state index contributed by atoms with van der Waals surface area (Å²) in [6.07, 6.45) is 1.88. The molecule has 0 atom stereocenters. The van der Waals surface area contributed by atoms with Gasteiger partial charge in [-0.05, 0) is 46.9 Å². The minimum absolute atomic E-state index is 0.524. The number of aliphatic imine (C=N–C) groups is 1. The molecule has 1 heterocycles. The lowest BCUT2D eigenvalue weighted by Gasteiger charge is -2.04. The van der Waals surface area contributed by atoms with Crippen molar-refractivity contribution in [1.82, 2.24) is 4.98 Å². The fourth-order valence-corrected chi connectivity index (χ4v) is 4.13. The third kappa shape index (κ3) is 4.50. The molecule has 1 aromatic heterocycles. The number of hydrogen-bond donors (Lipinski definition) is 0. The van der Waals surface area contributed by atoms with E-state index in [1.807, 2.05) is 48.7 Å². The zero-order chi connectivity index (χ0) is 20.9. The van der Waals surface area contributed by atoms with Crippen molar-refractivity contribution in [1.29, 1.82) is 0 Å². The van der Waals surface area contributed by atoms with Gasteiger partial charge in [0, 0.05) is 11.8 Å². The van der Waals surface area contributed by atoms with Crippen LogP contribution in [-0.2, 0) is 0 Å². The van der Waals surface area contributed by atoms with E-state index in [2.05, 4.69) is 55.2 Å². The Morgan fingerprint density at radius 1 is 0.867 bits per heavy atom. The predicted molar refractivity (Wildman–Crippen MR) is 127 cm³/mol. The lowest BCUT2D eigenvalue weighted by atomic mass is 10.0. The maximum Gasteiger partial charge on any atom is 0.210 e. The van der Waals surface area contributed by atoms with Crippen molar-refractivity contribution in [2.75, 3.05) is 7.11 Å². The molecule has 0 unspecified atom stereocenters. The van der Waals surface area contributed by atoms with Gasteiger partial charge in [0.2, 0.25) is 5.13 Å². The van der Waals surface area contributed by atoms with Crippen molar-refractivity contribution in [3.05, 3.63) is 90.0 Å². The molecular formula is C26H24N2OS. The number of thiazole rings is 1. The van der Waals surface area contributed by atoms with Crippen molar-refractivity contribution >= 4 is 22.7 Å². The van der Waals surface area contributed by atoms with Gasteiger partial charge in [0.05, 0.1) is 17.7 Å². The molecule has 0 aliphatic rings. The summed E-state index contributed by atoms with van der Waals surface area (Å²) in [5.74, 6) is 1.36. The average Bonchev–Trinajstić information content (AvgIpc) is 3.23. The maximum atomic E-state index is 5.29. The van der Waals surface area contributed by atoms with E-state index in [4.69, 9.17) is 9.72 Å². The molecule has 0 fully saturated rings. The summed E-state index contributed by atoms with van der Waals surface area (Å²) in [6, 6.07) is 26.9. The lowest BCUT2D eigenvalue weighted by molar-refractivity contribution is 0.415. The van der Waals surface area contributed by atoms with E-state index in [1.165, 1.54) is 5.56 Å². The Labute approximate surface area is 181 Å². The van der Waals surface area contributed by atoms with Gasteiger partial charge in [-0.15, -0.1) is 0 Å². The maximum absolute atomic E-state index is 5.29. The SMILES string of the molecule is COc1ccc(-c2nc(N=Cc3ccc(C(C)C)cc3)sc2-c2ccccc2)cc1. The van der Waals surface area contributed by atoms with Gasteiger partial charge in [-0.3, -0.25) is 0 Å². The highest BCUT2D eigenvalue weighted by atomic mass is 32.1. The number of benzene rings is 3. The molecule has 0 N–H and O–H groups in total.